The quantitative estimate of drug-likeness (QED) is 0.818. The van der Waals surface area contributed by atoms with Crippen LogP contribution < -0.4 is 0 Å². The fourth-order valence-electron chi connectivity index (χ4n) is 1.76. The molecular formula is C14H18F3NO2. The number of carbonyl (C=O) groups excluding carboxylic acids is 1. The van der Waals surface area contributed by atoms with E-state index in [1.807, 2.05) is 0 Å². The number of amides is 1. The summed E-state index contributed by atoms with van der Waals surface area (Å²) in [6.45, 7) is 0.635. The molecule has 0 heterocycles. The van der Waals surface area contributed by atoms with Crippen LogP contribution >= 0.6 is 0 Å². The normalized spacial score (nSPS) is 11.4. The zero-order valence-electron chi connectivity index (χ0n) is 11.3. The Morgan fingerprint density at radius 1 is 1.15 bits per heavy atom. The van der Waals surface area contributed by atoms with Crippen LogP contribution in [-0.2, 0) is 6.18 Å². The summed E-state index contributed by atoms with van der Waals surface area (Å²) in [7, 11) is 1.61. The van der Waals surface area contributed by atoms with Gasteiger partial charge in [-0.25, -0.2) is 0 Å². The van der Waals surface area contributed by atoms with Gasteiger partial charge >= 0.3 is 6.18 Å². The number of aliphatic hydroxyl groups is 1. The van der Waals surface area contributed by atoms with Gasteiger partial charge in [0, 0.05) is 25.8 Å². The van der Waals surface area contributed by atoms with Crippen molar-refractivity contribution in [3.8, 4) is 0 Å². The second-order valence-electron chi connectivity index (χ2n) is 4.59. The third kappa shape index (κ3) is 4.85. The highest BCUT2D eigenvalue weighted by molar-refractivity contribution is 5.94. The SMILES string of the molecule is CN(CCCCCO)C(=O)c1ccc(C(F)(F)F)cc1. The maximum atomic E-state index is 12.4. The van der Waals surface area contributed by atoms with E-state index in [-0.39, 0.29) is 18.1 Å². The molecule has 112 valence electrons. The first-order chi connectivity index (χ1) is 9.36. The molecule has 0 aliphatic carbocycles. The molecular weight excluding hydrogens is 271 g/mol. The summed E-state index contributed by atoms with van der Waals surface area (Å²) in [5.41, 5.74) is -0.526. The molecule has 0 spiro atoms. The molecule has 3 nitrogen and oxygen atoms in total. The second-order valence-corrected chi connectivity index (χ2v) is 4.59. The molecule has 0 radical (unpaired) electrons. The van der Waals surface area contributed by atoms with E-state index in [0.29, 0.717) is 13.0 Å². The Bertz CT molecular complexity index is 429. The summed E-state index contributed by atoms with van der Waals surface area (Å²) in [5, 5.41) is 8.64. The Labute approximate surface area is 116 Å². The number of carbonyl (C=O) groups is 1. The lowest BCUT2D eigenvalue weighted by atomic mass is 10.1. The largest absolute Gasteiger partial charge is 0.416 e. The van der Waals surface area contributed by atoms with Crippen LogP contribution in [0.3, 0.4) is 0 Å². The Kier molecular flexibility index (Phi) is 6.01. The first-order valence-electron chi connectivity index (χ1n) is 6.40. The standard InChI is InChI=1S/C14H18F3NO2/c1-18(9-3-2-4-10-19)13(20)11-5-7-12(8-6-11)14(15,16)17/h5-8,19H,2-4,9-10H2,1H3. The van der Waals surface area contributed by atoms with Gasteiger partial charge in [0.1, 0.15) is 0 Å². The summed E-state index contributed by atoms with van der Waals surface area (Å²) in [6.07, 6.45) is -2.15. The highest BCUT2D eigenvalue weighted by atomic mass is 19.4. The van der Waals surface area contributed by atoms with Crippen molar-refractivity contribution in [2.75, 3.05) is 20.2 Å². The Hall–Kier alpha value is -1.56. The van der Waals surface area contributed by atoms with Crippen LogP contribution in [0.15, 0.2) is 24.3 Å². The molecule has 1 amide bonds. The number of hydrogen-bond donors (Lipinski definition) is 1. The molecule has 1 N–H and O–H groups in total. The minimum Gasteiger partial charge on any atom is -0.396 e. The molecule has 6 heteroatoms. The third-order valence-electron chi connectivity index (χ3n) is 2.96. The van der Waals surface area contributed by atoms with Crippen LogP contribution in [0.2, 0.25) is 0 Å². The first-order valence-corrected chi connectivity index (χ1v) is 6.40. The monoisotopic (exact) mass is 289 g/mol. The molecule has 0 aliphatic heterocycles. The van der Waals surface area contributed by atoms with E-state index >= 15 is 0 Å². The number of nitrogens with zero attached hydrogens (tertiary/aromatic N) is 1. The van der Waals surface area contributed by atoms with E-state index in [9.17, 15) is 18.0 Å². The molecule has 0 bridgehead atoms. The van der Waals surface area contributed by atoms with Gasteiger partial charge < -0.3 is 10.0 Å². The van der Waals surface area contributed by atoms with Crippen LogP contribution in [0.1, 0.15) is 35.2 Å². The van der Waals surface area contributed by atoms with Crippen molar-refractivity contribution in [3.63, 3.8) is 0 Å². The van der Waals surface area contributed by atoms with Crippen molar-refractivity contribution in [3.05, 3.63) is 35.4 Å². The van der Waals surface area contributed by atoms with Crippen LogP contribution in [0.4, 0.5) is 13.2 Å². The van der Waals surface area contributed by atoms with Gasteiger partial charge in [-0.1, -0.05) is 0 Å². The molecule has 20 heavy (non-hydrogen) atoms. The molecule has 0 fully saturated rings. The van der Waals surface area contributed by atoms with Crippen LogP contribution in [-0.4, -0.2) is 36.1 Å². The second kappa shape index (κ2) is 7.28. The summed E-state index contributed by atoms with van der Waals surface area (Å²) < 4.78 is 37.2. The van der Waals surface area contributed by atoms with E-state index in [2.05, 4.69) is 0 Å². The van der Waals surface area contributed by atoms with Crippen molar-refractivity contribution >= 4 is 5.91 Å². The first kappa shape index (κ1) is 16.5. The number of benzene rings is 1. The molecule has 0 atom stereocenters. The third-order valence-corrected chi connectivity index (χ3v) is 2.96. The fourth-order valence-corrected chi connectivity index (χ4v) is 1.76. The Balaban J connectivity index is 2.59. The minimum absolute atomic E-state index is 0.122. The topological polar surface area (TPSA) is 40.5 Å². The van der Waals surface area contributed by atoms with E-state index in [1.165, 1.54) is 17.0 Å². The average Bonchev–Trinajstić information content (AvgIpc) is 2.41. The number of unbranched alkanes of at least 4 members (excludes halogenated alkanes) is 2. The number of aliphatic hydroxyl groups excluding tert-OH is 1. The predicted octanol–water partition coefficient (Wildman–Crippen LogP) is 2.94. The molecule has 0 aliphatic rings. The average molecular weight is 289 g/mol. The van der Waals surface area contributed by atoms with Crippen LogP contribution in [0, 0.1) is 0 Å². The van der Waals surface area contributed by atoms with E-state index in [4.69, 9.17) is 5.11 Å². The zero-order valence-corrected chi connectivity index (χ0v) is 11.3. The van der Waals surface area contributed by atoms with Gasteiger partial charge in [0.05, 0.1) is 5.56 Å². The smallest absolute Gasteiger partial charge is 0.396 e. The van der Waals surface area contributed by atoms with Crippen molar-refractivity contribution in [2.45, 2.75) is 25.4 Å². The molecule has 1 rings (SSSR count). The predicted molar refractivity (Wildman–Crippen MR) is 69.3 cm³/mol. The molecule has 1 aromatic carbocycles. The highest BCUT2D eigenvalue weighted by Gasteiger charge is 2.30. The van der Waals surface area contributed by atoms with Crippen molar-refractivity contribution < 1.29 is 23.1 Å². The minimum atomic E-state index is -4.39. The van der Waals surface area contributed by atoms with E-state index in [0.717, 1.165) is 25.0 Å². The van der Waals surface area contributed by atoms with Gasteiger partial charge in [-0.3, -0.25) is 4.79 Å². The lowest BCUT2D eigenvalue weighted by Gasteiger charge is -2.17. The van der Waals surface area contributed by atoms with Crippen molar-refractivity contribution in [1.82, 2.24) is 4.90 Å². The maximum Gasteiger partial charge on any atom is 0.416 e. The van der Waals surface area contributed by atoms with Gasteiger partial charge in [-0.2, -0.15) is 13.2 Å². The van der Waals surface area contributed by atoms with Crippen molar-refractivity contribution in [2.24, 2.45) is 0 Å². The number of hydrogen-bond acceptors (Lipinski definition) is 2. The Morgan fingerprint density at radius 2 is 1.75 bits per heavy atom. The lowest BCUT2D eigenvalue weighted by molar-refractivity contribution is -0.137. The lowest BCUT2D eigenvalue weighted by Crippen LogP contribution is -2.27. The molecule has 0 saturated carbocycles. The van der Waals surface area contributed by atoms with E-state index < -0.39 is 11.7 Å². The summed E-state index contributed by atoms with van der Waals surface area (Å²) >= 11 is 0. The molecule has 0 unspecified atom stereocenters. The fraction of sp³-hybridized carbons (Fsp3) is 0.500. The maximum absolute atomic E-state index is 12.4. The van der Waals surface area contributed by atoms with E-state index in [1.54, 1.807) is 7.05 Å². The van der Waals surface area contributed by atoms with Gasteiger partial charge in [0.25, 0.3) is 5.91 Å². The number of halogens is 3. The summed E-state index contributed by atoms with van der Waals surface area (Å²) in [6, 6.07) is 4.20. The van der Waals surface area contributed by atoms with Crippen molar-refractivity contribution in [1.29, 1.82) is 0 Å². The zero-order chi connectivity index (χ0) is 15.2. The Morgan fingerprint density at radius 3 is 2.25 bits per heavy atom. The summed E-state index contributed by atoms with van der Waals surface area (Å²) in [5.74, 6) is -0.303. The van der Waals surface area contributed by atoms with Gasteiger partial charge in [0.2, 0.25) is 0 Å². The molecule has 0 saturated heterocycles. The highest BCUT2D eigenvalue weighted by Crippen LogP contribution is 2.29. The van der Waals surface area contributed by atoms with Gasteiger partial charge in [-0.15, -0.1) is 0 Å². The van der Waals surface area contributed by atoms with Gasteiger partial charge in [0.15, 0.2) is 0 Å². The van der Waals surface area contributed by atoms with Crippen LogP contribution in [0.25, 0.3) is 0 Å². The molecule has 1 aromatic rings. The molecule has 0 aromatic heterocycles. The van der Waals surface area contributed by atoms with Gasteiger partial charge in [-0.05, 0) is 43.5 Å². The number of rotatable bonds is 6. The summed E-state index contributed by atoms with van der Waals surface area (Å²) in [4.78, 5) is 13.4. The number of alkyl halides is 3. The van der Waals surface area contributed by atoms with Crippen LogP contribution in [0.5, 0.6) is 0 Å².